The Kier molecular flexibility index (Phi) is 3.45. The molecule has 2 aromatic heterocycles. The van der Waals surface area contributed by atoms with Crippen LogP contribution in [-0.2, 0) is 26.3 Å². The van der Waals surface area contributed by atoms with Crippen LogP contribution in [0.2, 0.25) is 0 Å². The average molecular weight is 407 g/mol. The molecule has 4 heterocycles. The van der Waals surface area contributed by atoms with E-state index in [0.717, 1.165) is 53.9 Å². The molecule has 0 amide bonds. The first kappa shape index (κ1) is 15.5. The lowest BCUT2D eigenvalue weighted by molar-refractivity contribution is -0.660. The molecule has 3 aliphatic rings. The van der Waals surface area contributed by atoms with Gasteiger partial charge < -0.3 is 0 Å². The minimum atomic E-state index is -2.20. The fraction of sp³-hybridized carbons (Fsp3) is 0.241. The molecule has 31 heavy (non-hydrogen) atoms. The number of fused-ring (bicyclic) bond motifs is 5. The van der Waals surface area contributed by atoms with Gasteiger partial charge in [-0.15, -0.1) is 0 Å². The van der Waals surface area contributed by atoms with Crippen LogP contribution in [0.3, 0.4) is 0 Å². The Morgan fingerprint density at radius 1 is 0.903 bits per heavy atom. The van der Waals surface area contributed by atoms with Gasteiger partial charge in [0.25, 0.3) is 0 Å². The van der Waals surface area contributed by atoms with Crippen molar-refractivity contribution in [3.8, 4) is 33.5 Å². The maximum atomic E-state index is 8.21. The lowest BCUT2D eigenvalue weighted by Gasteiger charge is -2.14. The van der Waals surface area contributed by atoms with E-state index in [4.69, 9.17) is 9.10 Å². The summed E-state index contributed by atoms with van der Waals surface area (Å²) in [5.41, 5.74) is 12.8. The molecule has 0 N–H and O–H groups in total. The van der Waals surface area contributed by atoms with Crippen LogP contribution in [0.1, 0.15) is 44.2 Å². The highest BCUT2D eigenvalue weighted by molar-refractivity contribution is 5.85. The molecule has 0 radical (unpaired) electrons. The zero-order valence-corrected chi connectivity index (χ0v) is 18.0. The smallest absolute Gasteiger partial charge is 0.213 e. The van der Waals surface area contributed by atoms with Gasteiger partial charge in [-0.25, -0.2) is 4.57 Å². The number of pyridine rings is 2. The fourth-order valence-electron chi connectivity index (χ4n) is 5.25. The van der Waals surface area contributed by atoms with Crippen molar-refractivity contribution in [2.24, 2.45) is 7.05 Å². The van der Waals surface area contributed by atoms with Gasteiger partial charge in [0, 0.05) is 33.4 Å². The van der Waals surface area contributed by atoms with Gasteiger partial charge in [0.2, 0.25) is 5.69 Å². The quantitative estimate of drug-likeness (QED) is 0.292. The summed E-state index contributed by atoms with van der Waals surface area (Å²) in [4.78, 5) is 5.06. The van der Waals surface area contributed by atoms with E-state index in [1.165, 1.54) is 33.4 Å². The molecule has 0 atom stereocenters. The first-order valence-corrected chi connectivity index (χ1v) is 11.0. The van der Waals surface area contributed by atoms with E-state index in [9.17, 15) is 0 Å². The highest BCUT2D eigenvalue weighted by Crippen LogP contribution is 2.42. The number of aryl methyl sites for hydroxylation is 5. The Morgan fingerprint density at radius 2 is 1.74 bits per heavy atom. The molecule has 2 heteroatoms. The maximum absolute atomic E-state index is 8.21. The maximum Gasteiger partial charge on any atom is 0.213 e. The summed E-state index contributed by atoms with van der Waals surface area (Å²) >= 11 is 0. The standard InChI is InChI=1S/C29H27N2/c1-18-7-13-23-24-14-12-22-6-4-5-20-8-10-21(11-9-20)25-16-28(31(3)17-19(25)2)29(18)26(23)15-27(24)30-22/h7-14,16-17H,4-6,15H2,1-3H3/q+1/i2D3. The number of aromatic nitrogens is 2. The van der Waals surface area contributed by atoms with Crippen LogP contribution in [0.4, 0.5) is 0 Å². The molecule has 152 valence electrons. The molecule has 2 nitrogen and oxygen atoms in total. The summed E-state index contributed by atoms with van der Waals surface area (Å²) in [5, 5.41) is 0. The molecule has 2 aliphatic heterocycles. The molecule has 4 aromatic rings. The number of hydrogen-bond acceptors (Lipinski definition) is 1. The average Bonchev–Trinajstić information content (AvgIpc) is 3.16. The highest BCUT2D eigenvalue weighted by Gasteiger charge is 2.28. The summed E-state index contributed by atoms with van der Waals surface area (Å²) in [6.45, 7) is -0.0582. The SMILES string of the molecule is [2H]C([2H])([2H])c1c[n+](C)c2cc1-c1ccc(cc1)CCCc1ccc3c(n1)Cc1c-3ccc(C)c1-2. The van der Waals surface area contributed by atoms with Crippen molar-refractivity contribution in [3.63, 3.8) is 0 Å². The molecule has 0 saturated heterocycles. The minimum absolute atomic E-state index is 0.382. The van der Waals surface area contributed by atoms with Crippen LogP contribution in [0, 0.1) is 13.8 Å². The van der Waals surface area contributed by atoms with Crippen molar-refractivity contribution in [2.75, 3.05) is 0 Å². The van der Waals surface area contributed by atoms with Gasteiger partial charge in [-0.05, 0) is 72.5 Å². The zero-order valence-electron chi connectivity index (χ0n) is 21.0. The highest BCUT2D eigenvalue weighted by atomic mass is 14.9. The van der Waals surface area contributed by atoms with E-state index in [1.54, 1.807) is 6.20 Å². The van der Waals surface area contributed by atoms with Crippen molar-refractivity contribution in [2.45, 2.75) is 39.5 Å². The van der Waals surface area contributed by atoms with Crippen LogP contribution in [0.25, 0.3) is 33.5 Å². The topological polar surface area (TPSA) is 16.8 Å². The lowest BCUT2D eigenvalue weighted by Crippen LogP contribution is -2.32. The predicted molar refractivity (Wildman–Crippen MR) is 126 cm³/mol. The first-order valence-electron chi connectivity index (χ1n) is 12.5. The molecular weight excluding hydrogens is 376 g/mol. The second-order valence-corrected chi connectivity index (χ2v) is 8.90. The second kappa shape index (κ2) is 6.88. The first-order chi connectivity index (χ1) is 16.3. The summed E-state index contributed by atoms with van der Waals surface area (Å²) < 4.78 is 26.6. The number of nitrogens with zero attached hydrogens (tertiary/aromatic N) is 2. The van der Waals surface area contributed by atoms with Gasteiger partial charge in [-0.1, -0.05) is 42.5 Å². The molecular formula is C29H27N2+. The predicted octanol–water partition coefficient (Wildman–Crippen LogP) is 5.92. The summed E-state index contributed by atoms with van der Waals surface area (Å²) in [6.07, 6.45) is 5.57. The van der Waals surface area contributed by atoms with Crippen molar-refractivity contribution < 1.29 is 8.68 Å². The number of hydrogen-bond donors (Lipinski definition) is 0. The van der Waals surface area contributed by atoms with Gasteiger partial charge in [-0.3, -0.25) is 4.98 Å². The van der Waals surface area contributed by atoms with Gasteiger partial charge in [0.15, 0.2) is 6.20 Å². The van der Waals surface area contributed by atoms with Gasteiger partial charge in [0.05, 0.1) is 11.3 Å². The summed E-state index contributed by atoms with van der Waals surface area (Å²) in [6, 6.07) is 19.3. The van der Waals surface area contributed by atoms with Crippen molar-refractivity contribution in [1.29, 1.82) is 0 Å². The van der Waals surface area contributed by atoms with E-state index >= 15 is 0 Å². The van der Waals surface area contributed by atoms with Crippen LogP contribution in [0.5, 0.6) is 0 Å². The van der Waals surface area contributed by atoms with E-state index in [-0.39, 0.29) is 0 Å². The summed E-state index contributed by atoms with van der Waals surface area (Å²) in [5.74, 6) is 0. The van der Waals surface area contributed by atoms with Gasteiger partial charge in [-0.2, -0.15) is 0 Å². The Balaban J connectivity index is 1.67. The van der Waals surface area contributed by atoms with Crippen LogP contribution in [0.15, 0.2) is 60.8 Å². The van der Waals surface area contributed by atoms with E-state index in [1.807, 2.05) is 11.6 Å². The second-order valence-electron chi connectivity index (χ2n) is 8.90. The van der Waals surface area contributed by atoms with Crippen LogP contribution in [-0.4, -0.2) is 4.98 Å². The largest absolute Gasteiger partial charge is 0.257 e. The Morgan fingerprint density at radius 3 is 2.58 bits per heavy atom. The summed E-state index contributed by atoms with van der Waals surface area (Å²) in [7, 11) is 1.95. The minimum Gasteiger partial charge on any atom is -0.257 e. The van der Waals surface area contributed by atoms with E-state index in [0.29, 0.717) is 5.56 Å². The number of rotatable bonds is 0. The van der Waals surface area contributed by atoms with E-state index < -0.39 is 6.85 Å². The monoisotopic (exact) mass is 406 g/mol. The molecule has 0 saturated carbocycles. The van der Waals surface area contributed by atoms with Crippen molar-refractivity contribution >= 4 is 0 Å². The Labute approximate surface area is 188 Å². The zero-order chi connectivity index (χ0) is 23.6. The Hall–Kier alpha value is -3.26. The molecule has 7 rings (SSSR count). The van der Waals surface area contributed by atoms with Gasteiger partial charge >= 0.3 is 0 Å². The molecule has 1 aliphatic carbocycles. The van der Waals surface area contributed by atoms with Crippen LogP contribution >= 0.6 is 0 Å². The molecule has 0 spiro atoms. The fourth-order valence-corrected chi connectivity index (χ4v) is 5.25. The third kappa shape index (κ3) is 2.93. The third-order valence-electron chi connectivity index (χ3n) is 6.88. The lowest BCUT2D eigenvalue weighted by atomic mass is 9.91. The Bertz CT molecular complexity index is 1450. The van der Waals surface area contributed by atoms with E-state index in [2.05, 4.69) is 61.5 Å². The normalized spacial score (nSPS) is 15.6. The molecule has 2 aromatic carbocycles. The van der Waals surface area contributed by atoms with Crippen molar-refractivity contribution in [3.05, 3.63) is 94.4 Å². The number of benzene rings is 2. The molecule has 0 fully saturated rings. The van der Waals surface area contributed by atoms with Crippen molar-refractivity contribution in [1.82, 2.24) is 4.98 Å². The molecule has 7 bridgehead atoms. The van der Waals surface area contributed by atoms with Crippen LogP contribution < -0.4 is 4.57 Å². The van der Waals surface area contributed by atoms with Gasteiger partial charge in [0.1, 0.15) is 7.05 Å². The molecule has 0 unspecified atom stereocenters. The third-order valence-corrected chi connectivity index (χ3v) is 6.88.